The molecule has 1 aromatic heterocycles. The van der Waals surface area contributed by atoms with E-state index in [0.29, 0.717) is 11.1 Å². The summed E-state index contributed by atoms with van der Waals surface area (Å²) < 4.78 is 1.23. The van der Waals surface area contributed by atoms with Crippen LogP contribution in [0.1, 0.15) is 44.4 Å². The quantitative estimate of drug-likeness (QED) is 0.854. The van der Waals surface area contributed by atoms with Gasteiger partial charge in [0, 0.05) is 45.4 Å². The standard InChI is InChI=1S/C17H25BrN2S/c1-16(12-3-4-12)11-20(8-15-7-14(18)9-21-15)17(2,10-19-16)13-5-6-13/h7,9,12-13,19H,3-6,8,10-11H2,1-2H3. The van der Waals surface area contributed by atoms with Crippen molar-refractivity contribution in [2.75, 3.05) is 13.1 Å². The zero-order chi connectivity index (χ0) is 14.7. The van der Waals surface area contributed by atoms with Crippen molar-refractivity contribution in [3.8, 4) is 0 Å². The summed E-state index contributed by atoms with van der Waals surface area (Å²) >= 11 is 5.49. The molecule has 1 aliphatic heterocycles. The van der Waals surface area contributed by atoms with E-state index in [4.69, 9.17) is 0 Å². The molecule has 0 spiro atoms. The number of thiophene rings is 1. The predicted octanol–water partition coefficient (Wildman–Crippen LogP) is 4.25. The van der Waals surface area contributed by atoms with Crippen molar-refractivity contribution in [1.82, 2.24) is 10.2 Å². The van der Waals surface area contributed by atoms with E-state index in [9.17, 15) is 0 Å². The molecular weight excluding hydrogens is 344 g/mol. The third kappa shape index (κ3) is 2.73. The van der Waals surface area contributed by atoms with Crippen LogP contribution in [0, 0.1) is 11.8 Å². The summed E-state index contributed by atoms with van der Waals surface area (Å²) in [6.45, 7) is 8.44. The van der Waals surface area contributed by atoms with Gasteiger partial charge in [-0.15, -0.1) is 11.3 Å². The van der Waals surface area contributed by atoms with Crippen LogP contribution in [0.25, 0.3) is 0 Å². The second-order valence-electron chi connectivity index (χ2n) is 7.76. The average Bonchev–Trinajstić information content (AvgIpc) is 3.33. The van der Waals surface area contributed by atoms with Crippen LogP contribution in [0.4, 0.5) is 0 Å². The van der Waals surface area contributed by atoms with Gasteiger partial charge in [0.05, 0.1) is 0 Å². The summed E-state index contributed by atoms with van der Waals surface area (Å²) in [5.41, 5.74) is 0.688. The highest BCUT2D eigenvalue weighted by molar-refractivity contribution is 9.10. The van der Waals surface area contributed by atoms with Gasteiger partial charge < -0.3 is 5.32 Å². The molecule has 3 fully saturated rings. The summed E-state index contributed by atoms with van der Waals surface area (Å²) in [4.78, 5) is 4.30. The molecule has 0 amide bonds. The smallest absolute Gasteiger partial charge is 0.0338 e. The second kappa shape index (κ2) is 5.05. The summed E-state index contributed by atoms with van der Waals surface area (Å²) in [6.07, 6.45) is 5.68. The molecular formula is C17H25BrN2S. The minimum absolute atomic E-state index is 0.336. The van der Waals surface area contributed by atoms with Crippen molar-refractivity contribution in [3.05, 3.63) is 20.8 Å². The molecule has 4 rings (SSSR count). The molecule has 2 unspecified atom stereocenters. The van der Waals surface area contributed by atoms with Crippen molar-refractivity contribution < 1.29 is 0 Å². The van der Waals surface area contributed by atoms with E-state index in [1.54, 1.807) is 0 Å². The number of hydrogen-bond donors (Lipinski definition) is 1. The van der Waals surface area contributed by atoms with Gasteiger partial charge in [-0.2, -0.15) is 0 Å². The van der Waals surface area contributed by atoms with Crippen LogP contribution in [0.15, 0.2) is 15.9 Å². The Morgan fingerprint density at radius 3 is 2.57 bits per heavy atom. The Kier molecular flexibility index (Phi) is 3.53. The lowest BCUT2D eigenvalue weighted by atomic mass is 9.83. The Morgan fingerprint density at radius 1 is 1.29 bits per heavy atom. The highest BCUT2D eigenvalue weighted by atomic mass is 79.9. The number of halogens is 1. The third-order valence-corrected chi connectivity index (χ3v) is 7.68. The predicted molar refractivity (Wildman–Crippen MR) is 92.7 cm³/mol. The van der Waals surface area contributed by atoms with Crippen LogP contribution in [0.3, 0.4) is 0 Å². The van der Waals surface area contributed by atoms with E-state index in [0.717, 1.165) is 24.9 Å². The Hall–Kier alpha value is 0.1000. The largest absolute Gasteiger partial charge is 0.308 e. The summed E-state index contributed by atoms with van der Waals surface area (Å²) in [5, 5.41) is 6.16. The van der Waals surface area contributed by atoms with Crippen LogP contribution < -0.4 is 5.32 Å². The topological polar surface area (TPSA) is 15.3 Å². The van der Waals surface area contributed by atoms with Crippen LogP contribution >= 0.6 is 27.3 Å². The van der Waals surface area contributed by atoms with Crippen LogP contribution in [0.2, 0.25) is 0 Å². The summed E-state index contributed by atoms with van der Waals surface area (Å²) in [5.74, 6) is 1.80. The number of piperazine rings is 1. The molecule has 0 aromatic carbocycles. The fraction of sp³-hybridized carbons (Fsp3) is 0.765. The van der Waals surface area contributed by atoms with Gasteiger partial charge in [-0.25, -0.2) is 0 Å². The van der Waals surface area contributed by atoms with E-state index in [1.165, 1.54) is 41.6 Å². The molecule has 1 aromatic rings. The van der Waals surface area contributed by atoms with Gasteiger partial charge in [-0.05, 0) is 73.4 Å². The van der Waals surface area contributed by atoms with Crippen LogP contribution in [-0.2, 0) is 6.54 Å². The molecule has 2 atom stereocenters. The fourth-order valence-corrected chi connectivity index (χ4v) is 5.55. The fourth-order valence-electron chi connectivity index (χ4n) is 4.09. The van der Waals surface area contributed by atoms with Gasteiger partial charge >= 0.3 is 0 Å². The minimum Gasteiger partial charge on any atom is -0.308 e. The van der Waals surface area contributed by atoms with Gasteiger partial charge in [0.1, 0.15) is 0 Å². The van der Waals surface area contributed by atoms with Gasteiger partial charge in [-0.1, -0.05) is 0 Å². The molecule has 2 nitrogen and oxygen atoms in total. The van der Waals surface area contributed by atoms with Crippen molar-refractivity contribution in [1.29, 1.82) is 0 Å². The van der Waals surface area contributed by atoms with Gasteiger partial charge in [-0.3, -0.25) is 4.90 Å². The molecule has 0 bridgehead atoms. The lowest BCUT2D eigenvalue weighted by Gasteiger charge is -2.53. The van der Waals surface area contributed by atoms with Crippen LogP contribution in [-0.4, -0.2) is 29.1 Å². The third-order valence-electron chi connectivity index (χ3n) is 6.00. The SMILES string of the molecule is CC1(C2CC2)CN(Cc2cc(Br)cs2)C(C)(C2CC2)CN1. The first kappa shape index (κ1) is 14.7. The highest BCUT2D eigenvalue weighted by Crippen LogP contribution is 2.49. The number of rotatable bonds is 4. The molecule has 21 heavy (non-hydrogen) atoms. The lowest BCUT2D eigenvalue weighted by Crippen LogP contribution is -2.69. The van der Waals surface area contributed by atoms with Crippen molar-refractivity contribution in [2.45, 2.75) is 57.2 Å². The minimum atomic E-state index is 0.336. The molecule has 0 radical (unpaired) electrons. The molecule has 1 N–H and O–H groups in total. The first-order valence-corrected chi connectivity index (χ1v) is 9.90. The maximum absolute atomic E-state index is 3.94. The first-order valence-electron chi connectivity index (χ1n) is 8.23. The summed E-state index contributed by atoms with van der Waals surface area (Å²) in [6, 6.07) is 2.30. The van der Waals surface area contributed by atoms with Crippen molar-refractivity contribution in [3.63, 3.8) is 0 Å². The van der Waals surface area contributed by atoms with Gasteiger partial charge in [0.25, 0.3) is 0 Å². The molecule has 3 aliphatic rings. The molecule has 4 heteroatoms. The summed E-state index contributed by atoms with van der Waals surface area (Å²) in [7, 11) is 0. The zero-order valence-corrected chi connectivity index (χ0v) is 15.4. The Morgan fingerprint density at radius 2 is 2.00 bits per heavy atom. The first-order chi connectivity index (χ1) is 9.99. The number of nitrogens with zero attached hydrogens (tertiary/aromatic N) is 1. The second-order valence-corrected chi connectivity index (χ2v) is 9.68. The monoisotopic (exact) mass is 368 g/mol. The Balaban J connectivity index is 1.57. The average molecular weight is 369 g/mol. The van der Waals surface area contributed by atoms with E-state index < -0.39 is 0 Å². The highest BCUT2D eigenvalue weighted by Gasteiger charge is 2.54. The van der Waals surface area contributed by atoms with E-state index in [2.05, 4.69) is 51.4 Å². The molecule has 2 heterocycles. The van der Waals surface area contributed by atoms with Crippen molar-refractivity contribution >= 4 is 27.3 Å². The maximum Gasteiger partial charge on any atom is 0.0338 e. The zero-order valence-electron chi connectivity index (χ0n) is 13.0. The molecule has 2 aliphatic carbocycles. The van der Waals surface area contributed by atoms with Crippen molar-refractivity contribution in [2.24, 2.45) is 11.8 Å². The number of nitrogens with one attached hydrogen (secondary N) is 1. The Bertz CT molecular complexity index is 537. The molecule has 2 saturated carbocycles. The Labute approximate surface area is 140 Å². The van der Waals surface area contributed by atoms with E-state index in [1.807, 2.05) is 11.3 Å². The number of hydrogen-bond acceptors (Lipinski definition) is 3. The van der Waals surface area contributed by atoms with Crippen LogP contribution in [0.5, 0.6) is 0 Å². The van der Waals surface area contributed by atoms with Gasteiger partial charge in [0.2, 0.25) is 0 Å². The maximum atomic E-state index is 3.94. The molecule has 116 valence electrons. The van der Waals surface area contributed by atoms with E-state index in [-0.39, 0.29) is 0 Å². The van der Waals surface area contributed by atoms with Gasteiger partial charge in [0.15, 0.2) is 0 Å². The van der Waals surface area contributed by atoms with E-state index >= 15 is 0 Å². The normalized spacial score (nSPS) is 37.9. The molecule has 1 saturated heterocycles. The lowest BCUT2D eigenvalue weighted by molar-refractivity contribution is -0.00639.